The summed E-state index contributed by atoms with van der Waals surface area (Å²) in [5, 5.41) is 5.95. The van der Waals surface area contributed by atoms with Gasteiger partial charge in [-0.3, -0.25) is 9.59 Å². The van der Waals surface area contributed by atoms with Gasteiger partial charge in [0.15, 0.2) is 16.7 Å². The number of anilines is 1. The molecule has 150 valence electrons. The zero-order valence-electron chi connectivity index (χ0n) is 16.3. The molecule has 0 spiro atoms. The van der Waals surface area contributed by atoms with Crippen LogP contribution in [-0.4, -0.2) is 30.7 Å². The highest BCUT2D eigenvalue weighted by atomic mass is 32.2. The Morgan fingerprint density at radius 2 is 1.97 bits per heavy atom. The lowest BCUT2D eigenvalue weighted by atomic mass is 10.2. The minimum Gasteiger partial charge on any atom is -0.493 e. The van der Waals surface area contributed by atoms with Crippen LogP contribution >= 0.6 is 11.8 Å². The Bertz CT molecular complexity index is 984. The lowest BCUT2D eigenvalue weighted by molar-refractivity contribution is -0.115. The molecule has 1 saturated heterocycles. The Labute approximate surface area is 173 Å². The van der Waals surface area contributed by atoms with Crippen LogP contribution in [0.2, 0.25) is 0 Å². The van der Waals surface area contributed by atoms with Crippen molar-refractivity contribution in [2.45, 2.75) is 13.8 Å². The third-order valence-electron chi connectivity index (χ3n) is 3.85. The van der Waals surface area contributed by atoms with Gasteiger partial charge in [-0.05, 0) is 66.7 Å². The molecule has 0 unspecified atom stereocenters. The molecule has 8 heteroatoms. The fraction of sp³-hybridized carbons (Fsp3) is 0.190. The highest BCUT2D eigenvalue weighted by Gasteiger charge is 2.24. The number of nitrogens with one attached hydrogen (secondary N) is 2. The molecule has 2 aromatic carbocycles. The standard InChI is InChI=1S/C21H21N3O4S/c1-4-28-17-10-5-14(11-18(17)27-3)12-19-20(26)24-21(29-19)23-16-8-6-15(7-9-16)22-13(2)25/h5-12H,4H2,1-3H3,(H,22,25)(H,23,24,26). The molecule has 0 radical (unpaired) electrons. The van der Waals surface area contributed by atoms with E-state index in [1.165, 1.54) is 18.7 Å². The van der Waals surface area contributed by atoms with E-state index < -0.39 is 0 Å². The Balaban J connectivity index is 1.76. The van der Waals surface area contributed by atoms with E-state index in [0.717, 1.165) is 5.56 Å². The number of hydrogen-bond donors (Lipinski definition) is 2. The van der Waals surface area contributed by atoms with E-state index in [-0.39, 0.29) is 11.8 Å². The number of aliphatic imine (C=N–C) groups is 1. The Kier molecular flexibility index (Phi) is 6.56. The fourth-order valence-electron chi connectivity index (χ4n) is 2.62. The molecule has 2 amide bonds. The molecule has 0 atom stereocenters. The van der Waals surface area contributed by atoms with Crippen LogP contribution in [0.1, 0.15) is 19.4 Å². The zero-order valence-corrected chi connectivity index (χ0v) is 17.1. The molecular formula is C21H21N3O4S. The Morgan fingerprint density at radius 1 is 1.21 bits per heavy atom. The molecule has 1 aliphatic rings. The molecule has 0 aliphatic carbocycles. The van der Waals surface area contributed by atoms with Crippen molar-refractivity contribution in [1.29, 1.82) is 0 Å². The maximum Gasteiger partial charge on any atom is 0.264 e. The van der Waals surface area contributed by atoms with Crippen LogP contribution < -0.4 is 20.1 Å². The second kappa shape index (κ2) is 9.29. The van der Waals surface area contributed by atoms with Crippen LogP contribution in [0.3, 0.4) is 0 Å². The van der Waals surface area contributed by atoms with Crippen molar-refractivity contribution in [3.8, 4) is 11.5 Å². The van der Waals surface area contributed by atoms with Crippen LogP contribution in [-0.2, 0) is 9.59 Å². The minimum absolute atomic E-state index is 0.136. The van der Waals surface area contributed by atoms with E-state index in [1.54, 1.807) is 37.5 Å². The number of amides is 2. The van der Waals surface area contributed by atoms with Crippen molar-refractivity contribution in [2.75, 3.05) is 19.0 Å². The number of nitrogens with zero attached hydrogens (tertiary/aromatic N) is 1. The van der Waals surface area contributed by atoms with E-state index in [9.17, 15) is 9.59 Å². The first-order valence-corrected chi connectivity index (χ1v) is 9.78. The van der Waals surface area contributed by atoms with Crippen LogP contribution in [0.5, 0.6) is 11.5 Å². The molecule has 2 aromatic rings. The van der Waals surface area contributed by atoms with Gasteiger partial charge in [-0.25, -0.2) is 4.99 Å². The second-order valence-electron chi connectivity index (χ2n) is 6.05. The van der Waals surface area contributed by atoms with Gasteiger partial charge in [-0.15, -0.1) is 0 Å². The minimum atomic E-state index is -0.212. The molecule has 0 saturated carbocycles. The molecule has 7 nitrogen and oxygen atoms in total. The van der Waals surface area contributed by atoms with Gasteiger partial charge >= 0.3 is 0 Å². The Hall–Kier alpha value is -3.26. The van der Waals surface area contributed by atoms with Gasteiger partial charge in [0.1, 0.15) is 0 Å². The monoisotopic (exact) mass is 411 g/mol. The van der Waals surface area contributed by atoms with Crippen LogP contribution in [0.4, 0.5) is 11.4 Å². The van der Waals surface area contributed by atoms with E-state index in [0.29, 0.717) is 39.6 Å². The number of carbonyl (C=O) groups is 2. The lowest BCUT2D eigenvalue weighted by Crippen LogP contribution is -2.19. The number of benzene rings is 2. The van der Waals surface area contributed by atoms with Gasteiger partial charge in [0.2, 0.25) is 5.91 Å². The SMILES string of the molecule is CCOc1ccc(C=C2SC(=Nc3ccc(NC(C)=O)cc3)NC2=O)cc1OC. The molecule has 0 bridgehead atoms. The number of ether oxygens (including phenoxy) is 2. The molecule has 1 aliphatic heterocycles. The fourth-order valence-corrected chi connectivity index (χ4v) is 3.46. The molecule has 29 heavy (non-hydrogen) atoms. The average Bonchev–Trinajstić information content (AvgIpc) is 3.03. The summed E-state index contributed by atoms with van der Waals surface area (Å²) in [5.41, 5.74) is 2.18. The van der Waals surface area contributed by atoms with Crippen molar-refractivity contribution in [1.82, 2.24) is 5.32 Å². The number of hydrogen-bond acceptors (Lipinski definition) is 6. The van der Waals surface area contributed by atoms with Gasteiger partial charge in [-0.2, -0.15) is 0 Å². The number of carbonyl (C=O) groups excluding carboxylic acids is 2. The van der Waals surface area contributed by atoms with Crippen LogP contribution in [0.25, 0.3) is 6.08 Å². The second-order valence-corrected chi connectivity index (χ2v) is 7.08. The quantitative estimate of drug-likeness (QED) is 0.703. The summed E-state index contributed by atoms with van der Waals surface area (Å²) in [6, 6.07) is 12.5. The summed E-state index contributed by atoms with van der Waals surface area (Å²) in [4.78, 5) is 28.3. The van der Waals surface area contributed by atoms with Crippen molar-refractivity contribution in [3.05, 3.63) is 52.9 Å². The summed E-state index contributed by atoms with van der Waals surface area (Å²) >= 11 is 1.26. The molecule has 2 N–H and O–H groups in total. The summed E-state index contributed by atoms with van der Waals surface area (Å²) < 4.78 is 10.9. The van der Waals surface area contributed by atoms with Crippen molar-refractivity contribution in [2.24, 2.45) is 4.99 Å². The number of rotatable bonds is 6. The van der Waals surface area contributed by atoms with Crippen LogP contribution in [0.15, 0.2) is 52.4 Å². The molecule has 1 heterocycles. The largest absolute Gasteiger partial charge is 0.493 e. The Morgan fingerprint density at radius 3 is 2.62 bits per heavy atom. The summed E-state index contributed by atoms with van der Waals surface area (Å²) in [5.74, 6) is 0.920. The summed E-state index contributed by atoms with van der Waals surface area (Å²) in [7, 11) is 1.58. The molecule has 0 aromatic heterocycles. The highest BCUT2D eigenvalue weighted by Crippen LogP contribution is 2.32. The number of amidine groups is 1. The average molecular weight is 411 g/mol. The topological polar surface area (TPSA) is 89.0 Å². The molecular weight excluding hydrogens is 390 g/mol. The number of methoxy groups -OCH3 is 1. The third kappa shape index (κ3) is 5.39. The van der Waals surface area contributed by atoms with E-state index in [4.69, 9.17) is 9.47 Å². The first-order chi connectivity index (χ1) is 14.0. The predicted octanol–water partition coefficient (Wildman–Crippen LogP) is 3.94. The lowest BCUT2D eigenvalue weighted by Gasteiger charge is -2.09. The van der Waals surface area contributed by atoms with E-state index >= 15 is 0 Å². The zero-order chi connectivity index (χ0) is 20.8. The summed E-state index contributed by atoms with van der Waals surface area (Å²) in [6.45, 7) is 3.90. The van der Waals surface area contributed by atoms with Crippen molar-refractivity contribution < 1.29 is 19.1 Å². The number of thioether (sulfide) groups is 1. The maximum atomic E-state index is 12.3. The van der Waals surface area contributed by atoms with Gasteiger partial charge in [0.05, 0.1) is 24.3 Å². The van der Waals surface area contributed by atoms with Gasteiger partial charge < -0.3 is 20.1 Å². The molecule has 1 fully saturated rings. The summed E-state index contributed by atoms with van der Waals surface area (Å²) in [6.07, 6.45) is 1.78. The predicted molar refractivity (Wildman–Crippen MR) is 116 cm³/mol. The first-order valence-electron chi connectivity index (χ1n) is 8.96. The van der Waals surface area contributed by atoms with Crippen molar-refractivity contribution in [3.63, 3.8) is 0 Å². The highest BCUT2D eigenvalue weighted by molar-refractivity contribution is 8.18. The maximum absolute atomic E-state index is 12.3. The van der Waals surface area contributed by atoms with E-state index in [2.05, 4.69) is 15.6 Å². The van der Waals surface area contributed by atoms with Crippen LogP contribution in [0, 0.1) is 0 Å². The van der Waals surface area contributed by atoms with Gasteiger partial charge in [0.25, 0.3) is 5.91 Å². The van der Waals surface area contributed by atoms with Gasteiger partial charge in [-0.1, -0.05) is 6.07 Å². The molecule has 3 rings (SSSR count). The van der Waals surface area contributed by atoms with Crippen molar-refractivity contribution >= 4 is 46.2 Å². The third-order valence-corrected chi connectivity index (χ3v) is 4.76. The van der Waals surface area contributed by atoms with Gasteiger partial charge in [0, 0.05) is 12.6 Å². The first kappa shape index (κ1) is 20.5. The van der Waals surface area contributed by atoms with E-state index in [1.807, 2.05) is 25.1 Å². The normalized spacial score (nSPS) is 16.0. The smallest absolute Gasteiger partial charge is 0.264 e.